The Morgan fingerprint density at radius 1 is 1.20 bits per heavy atom. The molecule has 0 aromatic rings. The molecule has 0 saturated carbocycles. The molecule has 0 fully saturated rings. The van der Waals surface area contributed by atoms with Gasteiger partial charge in [0.1, 0.15) is 0 Å². The van der Waals surface area contributed by atoms with Crippen molar-refractivity contribution in [3.8, 4) is 0 Å². The third-order valence-corrected chi connectivity index (χ3v) is 0. The second-order valence-electron chi connectivity index (χ2n) is 0.0583. The van der Waals surface area contributed by atoms with Gasteiger partial charge in [0.25, 0.3) is 0 Å². The fraction of sp³-hybridized carbons (Fsp3) is 0. The summed E-state index contributed by atoms with van der Waals surface area (Å²) in [7, 11) is 0. The minimum absolute atomic E-state index is 0. The molecule has 0 spiro atoms. The molecule has 5 heavy (non-hydrogen) atoms. The molecule has 0 aliphatic rings. The number of hydrogen-bond donors (Lipinski definition) is 0. The van der Waals surface area contributed by atoms with Gasteiger partial charge in [0.2, 0.25) is 0 Å². The molecule has 0 amide bonds. The van der Waals surface area contributed by atoms with Crippen molar-refractivity contribution in [3.63, 3.8) is 0 Å². The van der Waals surface area contributed by atoms with Crippen LogP contribution in [0.5, 0.6) is 0 Å². The molecule has 0 atom stereocenters. The summed E-state index contributed by atoms with van der Waals surface area (Å²) >= 11 is 8.53. The van der Waals surface area contributed by atoms with Crippen molar-refractivity contribution in [2.24, 2.45) is 0 Å². The van der Waals surface area contributed by atoms with Crippen molar-refractivity contribution in [1.82, 2.24) is 0 Å². The van der Waals surface area contributed by atoms with Crippen LogP contribution in [0.2, 0.25) is 0 Å². The van der Waals surface area contributed by atoms with Crippen LogP contribution in [0.4, 0.5) is 0 Å². The molecule has 28 valence electrons. The predicted molar refractivity (Wildman–Crippen MR) is 21.3 cm³/mol. The van der Waals surface area contributed by atoms with Gasteiger partial charge in [-0.3, -0.25) is 0 Å². The molecule has 0 aliphatic heterocycles. The van der Waals surface area contributed by atoms with E-state index in [-0.39, 0.29) is 54.6 Å². The van der Waals surface area contributed by atoms with Crippen LogP contribution in [-0.2, 0) is 31.1 Å². The second-order valence-corrected chi connectivity index (χ2v) is 0.525. The molecule has 5 heteroatoms. The molecule has 1 nitrogen and oxygen atoms in total. The summed E-state index contributed by atoms with van der Waals surface area (Å²) in [5, 5.41) is 0. The van der Waals surface area contributed by atoms with Gasteiger partial charge in [-0.2, -0.15) is 3.84 Å². The van der Waals surface area contributed by atoms with Crippen molar-refractivity contribution in [1.29, 1.82) is 0 Å². The Bertz CT molecular complexity index is 9.61. The molecule has 0 bridgehead atoms. The minimum atomic E-state index is 0. The Hall–Kier alpha value is 2.38. The van der Waals surface area contributed by atoms with Crippen LogP contribution in [0, 0.1) is 0 Å². The second kappa shape index (κ2) is 16.2. The van der Waals surface area contributed by atoms with Crippen molar-refractivity contribution in [3.05, 3.63) is 0 Å². The maximum atomic E-state index is 4.26. The van der Waals surface area contributed by atoms with Gasteiger partial charge in [-0.25, -0.2) is 0 Å². The van der Waals surface area contributed by atoms with Crippen molar-refractivity contribution in [2.45, 2.75) is 0 Å². The van der Waals surface area contributed by atoms with Gasteiger partial charge in [-0.15, -0.1) is 0 Å². The summed E-state index contributed by atoms with van der Waals surface area (Å²) in [5.74, 6) is 0. The van der Waals surface area contributed by atoms with E-state index in [0.717, 1.165) is 0 Å². The zero-order chi connectivity index (χ0) is 2.71. The number of hydrogen-bond acceptors (Lipinski definition) is 1. The molecule has 0 aliphatic carbocycles. The normalized spacial score (nSPS) is 3.60. The average molecular weight is 409 g/mol. The molecule has 0 aromatic heterocycles. The van der Waals surface area contributed by atoms with E-state index >= 15 is 0 Å². The van der Waals surface area contributed by atoms with Crippen LogP contribution in [-0.4, -0.2) is 27.3 Å². The van der Waals surface area contributed by atoms with E-state index in [1.807, 2.05) is 0 Å². The monoisotopic (exact) mass is 410 g/mol. The first-order chi connectivity index (χ1) is 1.41. The molecule has 0 saturated heterocycles. The van der Waals surface area contributed by atoms with Crippen LogP contribution in [0.3, 0.4) is 0 Å². The zero-order valence-corrected chi connectivity index (χ0v) is 13.6. The summed E-state index contributed by atoms with van der Waals surface area (Å²) in [4.78, 5) is 0. The topological polar surface area (TPSA) is 9.23 Å². The van der Waals surface area contributed by atoms with Crippen LogP contribution in [0.25, 0.3) is 0 Å². The Balaban J connectivity index is -0.0000000200. The maximum absolute atomic E-state index is 4.26. The van der Waals surface area contributed by atoms with Gasteiger partial charge in [0.05, 0.1) is 23.7 Å². The van der Waals surface area contributed by atoms with Crippen molar-refractivity contribution < 1.29 is 31.1 Å². The molecule has 2 radical (unpaired) electrons. The van der Waals surface area contributed by atoms with Crippen LogP contribution < -0.4 is 0 Å². The van der Waals surface area contributed by atoms with E-state index in [0.29, 0.717) is 0 Å². The van der Waals surface area contributed by atoms with Gasteiger partial charge in [-0.05, 0) is 0 Å². The first-order valence-electron chi connectivity index (χ1n) is 0.309. The quantitative estimate of drug-likeness (QED) is 0.527. The molecular weight excluding hydrogens is 407 g/mol. The number of halogens is 2. The third-order valence-electron chi connectivity index (χ3n) is 0. The Labute approximate surface area is 81.0 Å². The van der Waals surface area contributed by atoms with Crippen molar-refractivity contribution in [2.75, 3.05) is 0 Å². The molecule has 0 heterocycles. The SMILES string of the molecule is ClOCl.[Cd].[PbH2]. The van der Waals surface area contributed by atoms with Gasteiger partial charge < -0.3 is 0 Å². The average Bonchev–Trinajstić information content (AvgIpc) is 0.918. The third kappa shape index (κ3) is 21.6. The fourth-order valence-electron chi connectivity index (χ4n) is 0. The first kappa shape index (κ1) is 15.7. The molecule has 0 N–H and O–H groups in total. The van der Waals surface area contributed by atoms with E-state index in [4.69, 9.17) is 0 Å². The Morgan fingerprint density at radius 3 is 1.20 bits per heavy atom. The fourth-order valence-corrected chi connectivity index (χ4v) is 0. The van der Waals surface area contributed by atoms with Crippen LogP contribution in [0.15, 0.2) is 0 Å². The van der Waals surface area contributed by atoms with Gasteiger partial charge in [0, 0.05) is 27.3 Å². The van der Waals surface area contributed by atoms with E-state index in [1.54, 1.807) is 0 Å². The molecule has 0 rings (SSSR count). The van der Waals surface area contributed by atoms with E-state index < -0.39 is 0 Å². The molecular formula is H2CdCl2OPb. The predicted octanol–water partition coefficient (Wildman–Crippen LogP) is 0.392. The summed E-state index contributed by atoms with van der Waals surface area (Å²) in [6.07, 6.45) is 0. The zero-order valence-electron chi connectivity index (χ0n) is 2.58. The van der Waals surface area contributed by atoms with Gasteiger partial charge in [-0.1, -0.05) is 0 Å². The summed E-state index contributed by atoms with van der Waals surface area (Å²) < 4.78 is 3.19. The standard InChI is InChI=1S/Cd.Cl2O.Pb.2H/c;1-3-2;;;. The Kier molecular flexibility index (Phi) is 50.6. The van der Waals surface area contributed by atoms with Crippen LogP contribution >= 0.6 is 23.7 Å². The number of rotatable bonds is 0. The van der Waals surface area contributed by atoms with Gasteiger partial charge in [0.15, 0.2) is 0 Å². The first-order valence-corrected chi connectivity index (χ1v) is 0.926. The molecule has 0 aromatic carbocycles. The van der Waals surface area contributed by atoms with E-state index in [1.165, 1.54) is 0 Å². The van der Waals surface area contributed by atoms with E-state index in [2.05, 4.69) is 27.6 Å². The summed E-state index contributed by atoms with van der Waals surface area (Å²) in [6, 6.07) is 0. The summed E-state index contributed by atoms with van der Waals surface area (Å²) in [5.41, 5.74) is 0. The molecule has 0 unspecified atom stereocenters. The van der Waals surface area contributed by atoms with Crippen LogP contribution in [0.1, 0.15) is 0 Å². The van der Waals surface area contributed by atoms with Gasteiger partial charge >= 0.3 is 27.3 Å². The van der Waals surface area contributed by atoms with Crippen molar-refractivity contribution >= 4 is 51.0 Å². The summed E-state index contributed by atoms with van der Waals surface area (Å²) in [6.45, 7) is 0. The Morgan fingerprint density at radius 2 is 1.20 bits per heavy atom. The van der Waals surface area contributed by atoms with E-state index in [9.17, 15) is 0 Å².